The number of benzene rings is 1. The van der Waals surface area contributed by atoms with Gasteiger partial charge in [-0.15, -0.1) is 0 Å². The Morgan fingerprint density at radius 2 is 1.85 bits per heavy atom. The molecule has 2 heterocycles. The summed E-state index contributed by atoms with van der Waals surface area (Å²) in [5.41, 5.74) is 4.33. The molecule has 1 saturated carbocycles. The van der Waals surface area contributed by atoms with Crippen LogP contribution in [0.15, 0.2) is 42.5 Å². The third-order valence-electron chi connectivity index (χ3n) is 5.22. The van der Waals surface area contributed by atoms with Gasteiger partial charge in [-0.25, -0.2) is 4.98 Å². The Labute approximate surface area is 155 Å². The first-order valence-electron chi connectivity index (χ1n) is 9.74. The second-order valence-electron chi connectivity index (χ2n) is 7.11. The molecule has 26 heavy (non-hydrogen) atoms. The van der Waals surface area contributed by atoms with Crippen molar-refractivity contribution in [3.8, 4) is 17.0 Å². The summed E-state index contributed by atoms with van der Waals surface area (Å²) in [6, 6.07) is 15.1. The Morgan fingerprint density at radius 1 is 1.08 bits per heavy atom. The first-order valence-corrected chi connectivity index (χ1v) is 9.74. The van der Waals surface area contributed by atoms with Crippen molar-refractivity contribution < 1.29 is 4.74 Å². The molecule has 0 spiro atoms. The van der Waals surface area contributed by atoms with E-state index < -0.39 is 0 Å². The lowest BCUT2D eigenvalue weighted by molar-refractivity contribution is 0.340. The Kier molecular flexibility index (Phi) is 4.83. The van der Waals surface area contributed by atoms with Crippen molar-refractivity contribution in [2.75, 3.05) is 11.9 Å². The predicted octanol–water partition coefficient (Wildman–Crippen LogP) is 5.45. The van der Waals surface area contributed by atoms with Gasteiger partial charge in [-0.2, -0.15) is 0 Å². The fourth-order valence-electron chi connectivity index (χ4n) is 3.90. The quantitative estimate of drug-likeness (QED) is 0.665. The smallest absolute Gasteiger partial charge is 0.139 e. The third-order valence-corrected chi connectivity index (χ3v) is 5.22. The van der Waals surface area contributed by atoms with E-state index in [0.29, 0.717) is 12.6 Å². The third kappa shape index (κ3) is 3.28. The molecular formula is C22H27N3O. The average molecular weight is 349 g/mol. The second-order valence-corrected chi connectivity index (χ2v) is 7.11. The van der Waals surface area contributed by atoms with E-state index in [0.717, 1.165) is 28.5 Å². The fraction of sp³-hybridized carbons (Fsp3) is 0.409. The van der Waals surface area contributed by atoms with Crippen molar-refractivity contribution >= 4 is 11.5 Å². The molecule has 2 aromatic heterocycles. The first-order chi connectivity index (χ1) is 12.8. The van der Waals surface area contributed by atoms with Crippen molar-refractivity contribution in [1.82, 2.24) is 9.38 Å². The molecule has 0 atom stereocenters. The van der Waals surface area contributed by atoms with Crippen LogP contribution in [-0.4, -0.2) is 22.0 Å². The number of nitrogens with zero attached hydrogens (tertiary/aromatic N) is 2. The molecule has 0 unspecified atom stereocenters. The lowest BCUT2D eigenvalue weighted by Crippen LogP contribution is -2.23. The Morgan fingerprint density at radius 3 is 2.58 bits per heavy atom. The molecule has 1 aromatic carbocycles. The standard InChI is InChI=1S/C22H27N3O/c1-3-26-19-14-12-17(13-15-19)21-22(23-18-9-5-4-6-10-18)25-16(2)8-7-11-20(25)24-21/h7-8,11-15,18,23H,3-6,9-10H2,1-2H3. The highest BCUT2D eigenvalue weighted by atomic mass is 16.5. The van der Waals surface area contributed by atoms with Crippen LogP contribution in [0, 0.1) is 6.92 Å². The van der Waals surface area contributed by atoms with Gasteiger partial charge in [0.25, 0.3) is 0 Å². The topological polar surface area (TPSA) is 38.6 Å². The van der Waals surface area contributed by atoms with Gasteiger partial charge < -0.3 is 10.1 Å². The molecule has 0 aliphatic heterocycles. The van der Waals surface area contributed by atoms with Gasteiger partial charge in [0.05, 0.1) is 6.61 Å². The van der Waals surface area contributed by atoms with Crippen LogP contribution >= 0.6 is 0 Å². The number of hydrogen-bond donors (Lipinski definition) is 1. The minimum atomic E-state index is 0.532. The number of anilines is 1. The molecule has 4 heteroatoms. The highest BCUT2D eigenvalue weighted by Crippen LogP contribution is 2.33. The number of pyridine rings is 1. The normalized spacial score (nSPS) is 15.3. The Balaban J connectivity index is 1.77. The zero-order chi connectivity index (χ0) is 17.9. The van der Waals surface area contributed by atoms with Crippen LogP contribution < -0.4 is 10.1 Å². The largest absolute Gasteiger partial charge is 0.494 e. The molecule has 0 amide bonds. The molecule has 3 aromatic rings. The van der Waals surface area contributed by atoms with E-state index >= 15 is 0 Å². The van der Waals surface area contributed by atoms with Crippen LogP contribution in [0.2, 0.25) is 0 Å². The van der Waals surface area contributed by atoms with E-state index in [4.69, 9.17) is 9.72 Å². The van der Waals surface area contributed by atoms with Gasteiger partial charge in [0.2, 0.25) is 0 Å². The fourth-order valence-corrected chi connectivity index (χ4v) is 3.90. The van der Waals surface area contributed by atoms with Gasteiger partial charge in [-0.1, -0.05) is 25.3 Å². The van der Waals surface area contributed by atoms with Crippen LogP contribution in [0.1, 0.15) is 44.7 Å². The molecule has 4 rings (SSSR count). The number of aromatic nitrogens is 2. The van der Waals surface area contributed by atoms with Crippen LogP contribution in [0.4, 0.5) is 5.82 Å². The highest BCUT2D eigenvalue weighted by molar-refractivity contribution is 5.77. The van der Waals surface area contributed by atoms with Gasteiger partial charge in [-0.05, 0) is 63.1 Å². The van der Waals surface area contributed by atoms with Crippen LogP contribution in [0.25, 0.3) is 16.9 Å². The number of imidazole rings is 1. The molecule has 1 fully saturated rings. The van der Waals surface area contributed by atoms with Crippen molar-refractivity contribution in [1.29, 1.82) is 0 Å². The molecule has 0 saturated heterocycles. The van der Waals surface area contributed by atoms with Gasteiger partial charge in [0.15, 0.2) is 0 Å². The monoisotopic (exact) mass is 349 g/mol. The van der Waals surface area contributed by atoms with Crippen molar-refractivity contribution in [2.24, 2.45) is 0 Å². The van der Waals surface area contributed by atoms with Crippen molar-refractivity contribution in [3.05, 3.63) is 48.2 Å². The van der Waals surface area contributed by atoms with Gasteiger partial charge in [-0.3, -0.25) is 4.40 Å². The lowest BCUT2D eigenvalue weighted by Gasteiger charge is -2.24. The van der Waals surface area contributed by atoms with Gasteiger partial charge >= 0.3 is 0 Å². The van der Waals surface area contributed by atoms with Crippen LogP contribution in [0.5, 0.6) is 5.75 Å². The molecule has 1 aliphatic carbocycles. The number of aryl methyl sites for hydroxylation is 1. The summed E-state index contributed by atoms with van der Waals surface area (Å²) >= 11 is 0. The molecule has 4 nitrogen and oxygen atoms in total. The zero-order valence-electron chi connectivity index (χ0n) is 15.7. The molecule has 1 aliphatic rings. The summed E-state index contributed by atoms with van der Waals surface area (Å²) in [5, 5.41) is 3.82. The van der Waals surface area contributed by atoms with Crippen LogP contribution in [0.3, 0.4) is 0 Å². The van der Waals surface area contributed by atoms with Gasteiger partial charge in [0, 0.05) is 17.3 Å². The summed E-state index contributed by atoms with van der Waals surface area (Å²) < 4.78 is 7.84. The second kappa shape index (κ2) is 7.40. The first kappa shape index (κ1) is 17.0. The molecule has 0 bridgehead atoms. The molecular weight excluding hydrogens is 322 g/mol. The molecule has 136 valence electrons. The lowest BCUT2D eigenvalue weighted by atomic mass is 9.95. The van der Waals surface area contributed by atoms with E-state index in [-0.39, 0.29) is 0 Å². The van der Waals surface area contributed by atoms with E-state index in [1.807, 2.05) is 19.1 Å². The number of rotatable bonds is 5. The number of ether oxygens (including phenoxy) is 1. The maximum Gasteiger partial charge on any atom is 0.139 e. The van der Waals surface area contributed by atoms with E-state index in [1.54, 1.807) is 0 Å². The highest BCUT2D eigenvalue weighted by Gasteiger charge is 2.20. The van der Waals surface area contributed by atoms with E-state index in [1.165, 1.54) is 37.8 Å². The predicted molar refractivity (Wildman–Crippen MR) is 107 cm³/mol. The van der Waals surface area contributed by atoms with E-state index in [2.05, 4.69) is 47.0 Å². The molecule has 0 radical (unpaired) electrons. The summed E-state index contributed by atoms with van der Waals surface area (Å²) in [6.07, 6.45) is 6.46. The van der Waals surface area contributed by atoms with Crippen LogP contribution in [-0.2, 0) is 0 Å². The number of nitrogens with one attached hydrogen (secondary N) is 1. The minimum Gasteiger partial charge on any atom is -0.494 e. The SMILES string of the molecule is CCOc1ccc(-c2nc3cccc(C)n3c2NC2CCCCC2)cc1. The summed E-state index contributed by atoms with van der Waals surface area (Å²) in [6.45, 7) is 4.83. The van der Waals surface area contributed by atoms with Crippen molar-refractivity contribution in [2.45, 2.75) is 52.0 Å². The van der Waals surface area contributed by atoms with E-state index in [9.17, 15) is 0 Å². The Bertz CT molecular complexity index is 876. The zero-order valence-corrected chi connectivity index (χ0v) is 15.7. The van der Waals surface area contributed by atoms with Gasteiger partial charge in [0.1, 0.15) is 22.9 Å². The maximum atomic E-state index is 5.59. The Hall–Kier alpha value is -2.49. The summed E-state index contributed by atoms with van der Waals surface area (Å²) in [5.74, 6) is 2.02. The summed E-state index contributed by atoms with van der Waals surface area (Å²) in [7, 11) is 0. The average Bonchev–Trinajstić information content (AvgIpc) is 3.03. The minimum absolute atomic E-state index is 0.532. The number of hydrogen-bond acceptors (Lipinski definition) is 3. The number of fused-ring (bicyclic) bond motifs is 1. The molecule has 1 N–H and O–H groups in total. The summed E-state index contributed by atoms with van der Waals surface area (Å²) in [4.78, 5) is 4.94. The van der Waals surface area contributed by atoms with Crippen molar-refractivity contribution in [3.63, 3.8) is 0 Å². The maximum absolute atomic E-state index is 5.59.